The SMILES string of the molecule is O=C(NCCCCc1ccccc1)n1c(=O)oc2cc([N+](=O)[O-])ccc21. The summed E-state index contributed by atoms with van der Waals surface area (Å²) in [5.74, 6) is -0.873. The fraction of sp³-hybridized carbons (Fsp3) is 0.222. The van der Waals surface area contributed by atoms with Crippen LogP contribution in [0, 0.1) is 10.1 Å². The van der Waals surface area contributed by atoms with Crippen LogP contribution in [0.3, 0.4) is 0 Å². The van der Waals surface area contributed by atoms with Gasteiger partial charge in [-0.05, 0) is 30.9 Å². The van der Waals surface area contributed by atoms with Crippen LogP contribution in [0.25, 0.3) is 11.1 Å². The van der Waals surface area contributed by atoms with E-state index in [1.165, 1.54) is 17.7 Å². The lowest BCUT2D eigenvalue weighted by Gasteiger charge is -2.05. The first-order valence-electron chi connectivity index (χ1n) is 8.18. The maximum atomic E-state index is 12.3. The Morgan fingerprint density at radius 1 is 1.15 bits per heavy atom. The number of carbonyl (C=O) groups excluding carboxylic acids is 1. The molecule has 3 aromatic rings. The molecule has 3 rings (SSSR count). The Labute approximate surface area is 148 Å². The minimum Gasteiger partial charge on any atom is -0.407 e. The first-order chi connectivity index (χ1) is 12.6. The molecule has 1 heterocycles. The summed E-state index contributed by atoms with van der Waals surface area (Å²) in [7, 11) is 0. The van der Waals surface area contributed by atoms with E-state index in [0.29, 0.717) is 6.54 Å². The van der Waals surface area contributed by atoms with Gasteiger partial charge in [-0.15, -0.1) is 0 Å². The summed E-state index contributed by atoms with van der Waals surface area (Å²) in [5, 5.41) is 13.4. The van der Waals surface area contributed by atoms with Crippen LogP contribution in [0.15, 0.2) is 57.7 Å². The van der Waals surface area contributed by atoms with Crippen molar-refractivity contribution in [2.45, 2.75) is 19.3 Å². The number of nitro benzene ring substituents is 1. The van der Waals surface area contributed by atoms with Crippen molar-refractivity contribution >= 4 is 22.8 Å². The third-order valence-corrected chi connectivity index (χ3v) is 3.99. The maximum absolute atomic E-state index is 12.3. The van der Waals surface area contributed by atoms with Crippen molar-refractivity contribution in [2.75, 3.05) is 6.54 Å². The third kappa shape index (κ3) is 3.80. The largest absolute Gasteiger partial charge is 0.428 e. The molecule has 1 aromatic heterocycles. The van der Waals surface area contributed by atoms with Gasteiger partial charge in [0.15, 0.2) is 5.58 Å². The number of nitrogens with zero attached hydrogens (tertiary/aromatic N) is 2. The molecule has 0 bridgehead atoms. The average Bonchev–Trinajstić information content (AvgIpc) is 2.97. The summed E-state index contributed by atoms with van der Waals surface area (Å²) in [5.41, 5.74) is 1.23. The number of aryl methyl sites for hydroxylation is 1. The van der Waals surface area contributed by atoms with Crippen LogP contribution < -0.4 is 11.1 Å². The number of carbonyl (C=O) groups is 1. The Bertz CT molecular complexity index is 991. The molecule has 0 unspecified atom stereocenters. The van der Waals surface area contributed by atoms with E-state index >= 15 is 0 Å². The third-order valence-electron chi connectivity index (χ3n) is 3.99. The van der Waals surface area contributed by atoms with Crippen LogP contribution in [-0.2, 0) is 6.42 Å². The highest BCUT2D eigenvalue weighted by molar-refractivity contribution is 5.88. The number of nitro groups is 1. The lowest BCUT2D eigenvalue weighted by Crippen LogP contribution is -2.34. The number of nitrogens with one attached hydrogen (secondary N) is 1. The fourth-order valence-electron chi connectivity index (χ4n) is 2.69. The zero-order valence-corrected chi connectivity index (χ0v) is 13.9. The minimum absolute atomic E-state index is 0.00317. The molecule has 2 aromatic carbocycles. The van der Waals surface area contributed by atoms with Crippen molar-refractivity contribution in [1.29, 1.82) is 0 Å². The molecule has 26 heavy (non-hydrogen) atoms. The highest BCUT2D eigenvalue weighted by Gasteiger charge is 2.18. The van der Waals surface area contributed by atoms with Crippen molar-refractivity contribution in [3.05, 3.63) is 74.8 Å². The molecule has 0 spiro atoms. The second-order valence-electron chi connectivity index (χ2n) is 5.79. The summed E-state index contributed by atoms with van der Waals surface area (Å²) in [4.78, 5) is 34.3. The summed E-state index contributed by atoms with van der Waals surface area (Å²) in [6, 6.07) is 13.1. The van der Waals surface area contributed by atoms with Crippen molar-refractivity contribution in [1.82, 2.24) is 9.88 Å². The molecule has 0 radical (unpaired) electrons. The summed E-state index contributed by atoms with van der Waals surface area (Å²) >= 11 is 0. The van der Waals surface area contributed by atoms with Gasteiger partial charge >= 0.3 is 11.8 Å². The predicted octanol–water partition coefficient (Wildman–Crippen LogP) is 3.08. The van der Waals surface area contributed by atoms with Crippen LogP contribution in [-0.4, -0.2) is 22.1 Å². The molecular formula is C18H17N3O5. The topological polar surface area (TPSA) is 107 Å². The van der Waals surface area contributed by atoms with Gasteiger partial charge in [-0.2, -0.15) is 4.57 Å². The molecule has 0 atom stereocenters. The molecule has 0 saturated heterocycles. The number of oxazole rings is 1. The molecule has 8 nitrogen and oxygen atoms in total. The highest BCUT2D eigenvalue weighted by atomic mass is 16.6. The zero-order chi connectivity index (χ0) is 18.5. The predicted molar refractivity (Wildman–Crippen MR) is 95.3 cm³/mol. The second kappa shape index (κ2) is 7.64. The normalized spacial score (nSPS) is 10.8. The van der Waals surface area contributed by atoms with Crippen molar-refractivity contribution in [2.24, 2.45) is 0 Å². The Kier molecular flexibility index (Phi) is 5.12. The number of unbranched alkanes of at least 4 members (excludes halogenated alkanes) is 1. The smallest absolute Gasteiger partial charge is 0.407 e. The van der Waals surface area contributed by atoms with E-state index in [1.807, 2.05) is 18.2 Å². The van der Waals surface area contributed by atoms with Gasteiger partial charge in [-0.1, -0.05) is 30.3 Å². The van der Waals surface area contributed by atoms with Crippen molar-refractivity contribution in [3.63, 3.8) is 0 Å². The van der Waals surface area contributed by atoms with Crippen molar-refractivity contribution < 1.29 is 14.1 Å². The molecule has 1 N–H and O–H groups in total. The Morgan fingerprint density at radius 2 is 1.92 bits per heavy atom. The number of amides is 1. The minimum atomic E-state index is -0.873. The summed E-state index contributed by atoms with van der Waals surface area (Å²) in [6.07, 6.45) is 2.57. The molecule has 8 heteroatoms. The zero-order valence-electron chi connectivity index (χ0n) is 13.9. The first kappa shape index (κ1) is 17.4. The maximum Gasteiger partial charge on any atom is 0.428 e. The molecule has 0 aliphatic rings. The van der Waals surface area contributed by atoms with Crippen LogP contribution in [0.5, 0.6) is 0 Å². The number of fused-ring (bicyclic) bond motifs is 1. The van der Waals surface area contributed by atoms with Gasteiger partial charge in [0.1, 0.15) is 5.52 Å². The van der Waals surface area contributed by atoms with Gasteiger partial charge in [-0.3, -0.25) is 10.1 Å². The van der Waals surface area contributed by atoms with Crippen LogP contribution in [0.4, 0.5) is 10.5 Å². The summed E-state index contributed by atoms with van der Waals surface area (Å²) < 4.78 is 5.78. The van der Waals surface area contributed by atoms with Crippen LogP contribution >= 0.6 is 0 Å². The second-order valence-corrected chi connectivity index (χ2v) is 5.79. The van der Waals surface area contributed by atoms with E-state index in [1.54, 1.807) is 0 Å². The fourth-order valence-corrected chi connectivity index (χ4v) is 2.69. The van der Waals surface area contributed by atoms with Crippen LogP contribution in [0.1, 0.15) is 18.4 Å². The molecule has 134 valence electrons. The van der Waals surface area contributed by atoms with Gasteiger partial charge in [0, 0.05) is 12.6 Å². The van der Waals surface area contributed by atoms with E-state index < -0.39 is 16.7 Å². The Balaban J connectivity index is 1.60. The molecule has 1 amide bonds. The average molecular weight is 355 g/mol. The molecule has 0 aliphatic heterocycles. The lowest BCUT2D eigenvalue weighted by atomic mass is 10.1. The van der Waals surface area contributed by atoms with Gasteiger partial charge in [0.2, 0.25) is 0 Å². The molecular weight excluding hydrogens is 338 g/mol. The molecule has 0 aliphatic carbocycles. The van der Waals surface area contributed by atoms with Gasteiger partial charge in [0.05, 0.1) is 11.0 Å². The van der Waals surface area contributed by atoms with Gasteiger partial charge in [0.25, 0.3) is 5.69 Å². The monoisotopic (exact) mass is 355 g/mol. The van der Waals surface area contributed by atoms with E-state index in [0.717, 1.165) is 29.9 Å². The van der Waals surface area contributed by atoms with E-state index in [2.05, 4.69) is 17.4 Å². The molecule has 0 saturated carbocycles. The van der Waals surface area contributed by atoms with Gasteiger partial charge < -0.3 is 9.73 Å². The summed E-state index contributed by atoms with van der Waals surface area (Å²) in [6.45, 7) is 0.414. The van der Waals surface area contributed by atoms with E-state index in [4.69, 9.17) is 4.42 Å². The Morgan fingerprint density at radius 3 is 2.65 bits per heavy atom. The van der Waals surface area contributed by atoms with Crippen molar-refractivity contribution in [3.8, 4) is 0 Å². The Hall–Kier alpha value is -3.42. The first-order valence-corrected chi connectivity index (χ1v) is 8.18. The standard InChI is InChI=1S/C18H17N3O5/c22-17(19-11-5-4-8-13-6-2-1-3-7-13)20-15-10-9-14(21(24)25)12-16(15)26-18(20)23/h1-3,6-7,9-10,12H,4-5,8,11H2,(H,19,22). The number of hydrogen-bond acceptors (Lipinski definition) is 5. The number of aromatic nitrogens is 1. The molecule has 0 fully saturated rings. The quantitative estimate of drug-likeness (QED) is 0.415. The highest BCUT2D eigenvalue weighted by Crippen LogP contribution is 2.19. The van der Waals surface area contributed by atoms with E-state index in [9.17, 15) is 19.7 Å². The number of benzene rings is 2. The van der Waals surface area contributed by atoms with Crippen LogP contribution in [0.2, 0.25) is 0 Å². The number of rotatable bonds is 6. The number of hydrogen-bond donors (Lipinski definition) is 1. The number of non-ortho nitro benzene ring substituents is 1. The van der Waals surface area contributed by atoms with Gasteiger partial charge in [-0.25, -0.2) is 9.59 Å². The lowest BCUT2D eigenvalue weighted by molar-refractivity contribution is -0.384. The van der Waals surface area contributed by atoms with E-state index in [-0.39, 0.29) is 16.8 Å².